The van der Waals surface area contributed by atoms with Gasteiger partial charge in [-0.15, -0.1) is 11.3 Å². The number of amides is 1. The third-order valence-corrected chi connectivity index (χ3v) is 6.66. The van der Waals surface area contributed by atoms with Crippen molar-refractivity contribution in [1.29, 1.82) is 0 Å². The molecule has 0 N–H and O–H groups in total. The lowest BCUT2D eigenvalue weighted by Crippen LogP contribution is -2.36. The van der Waals surface area contributed by atoms with E-state index in [0.717, 1.165) is 34.8 Å². The number of pyridine rings is 1. The molecule has 0 saturated heterocycles. The van der Waals surface area contributed by atoms with Gasteiger partial charge in [0.25, 0.3) is 0 Å². The van der Waals surface area contributed by atoms with Crippen LogP contribution in [0, 0.1) is 12.7 Å². The molecule has 1 amide bonds. The molecule has 5 rings (SSSR count). The van der Waals surface area contributed by atoms with E-state index in [9.17, 15) is 9.18 Å². The average Bonchev–Trinajstić information content (AvgIpc) is 3.32. The van der Waals surface area contributed by atoms with E-state index in [1.807, 2.05) is 48.2 Å². The van der Waals surface area contributed by atoms with Crippen LogP contribution in [0.1, 0.15) is 15.6 Å². The van der Waals surface area contributed by atoms with Gasteiger partial charge in [-0.3, -0.25) is 14.5 Å². The van der Waals surface area contributed by atoms with E-state index in [1.54, 1.807) is 22.1 Å². The SMILES string of the molecule is Cc1nc2c(s1)CCN(C(=O)Cn1nc(-c3ccc(F)cn3)cc1-c1ccccc1)CC2. The van der Waals surface area contributed by atoms with Crippen molar-refractivity contribution in [1.82, 2.24) is 24.6 Å². The molecule has 8 heteroatoms. The highest BCUT2D eigenvalue weighted by atomic mass is 32.1. The van der Waals surface area contributed by atoms with E-state index >= 15 is 0 Å². The van der Waals surface area contributed by atoms with Crippen LogP contribution in [-0.2, 0) is 24.2 Å². The zero-order valence-electron chi connectivity index (χ0n) is 17.7. The number of aromatic nitrogens is 4. The number of carbonyl (C=O) groups is 1. The quantitative estimate of drug-likeness (QED) is 0.472. The van der Waals surface area contributed by atoms with Crippen molar-refractivity contribution in [2.75, 3.05) is 13.1 Å². The number of hydrogen-bond donors (Lipinski definition) is 0. The van der Waals surface area contributed by atoms with Crippen LogP contribution in [0.4, 0.5) is 4.39 Å². The summed E-state index contributed by atoms with van der Waals surface area (Å²) in [6.07, 6.45) is 2.79. The summed E-state index contributed by atoms with van der Waals surface area (Å²) >= 11 is 1.72. The van der Waals surface area contributed by atoms with Crippen molar-refractivity contribution in [3.8, 4) is 22.6 Å². The molecule has 32 heavy (non-hydrogen) atoms. The Kier molecular flexibility index (Phi) is 5.53. The second-order valence-corrected chi connectivity index (χ2v) is 9.07. The predicted octanol–water partition coefficient (Wildman–Crippen LogP) is 4.14. The third-order valence-electron chi connectivity index (χ3n) is 5.59. The highest BCUT2D eigenvalue weighted by molar-refractivity contribution is 7.11. The van der Waals surface area contributed by atoms with Gasteiger partial charge in [0, 0.05) is 30.8 Å². The molecular weight excluding hydrogens is 425 g/mol. The number of aryl methyl sites for hydroxylation is 1. The van der Waals surface area contributed by atoms with Gasteiger partial charge >= 0.3 is 0 Å². The number of rotatable bonds is 4. The fourth-order valence-electron chi connectivity index (χ4n) is 4.00. The van der Waals surface area contributed by atoms with E-state index in [0.29, 0.717) is 24.5 Å². The van der Waals surface area contributed by atoms with Crippen LogP contribution in [0.25, 0.3) is 22.6 Å². The highest BCUT2D eigenvalue weighted by Crippen LogP contribution is 2.26. The van der Waals surface area contributed by atoms with Crippen LogP contribution in [0.2, 0.25) is 0 Å². The standard InChI is InChI=1S/C24H22FN5OS/c1-16-27-20-9-11-29(12-10-23(20)32-16)24(31)15-30-22(17-5-3-2-4-6-17)13-21(28-30)19-8-7-18(25)14-26-19/h2-8,13-14H,9-12,15H2,1H3. The maximum absolute atomic E-state index is 13.3. The average molecular weight is 448 g/mol. The summed E-state index contributed by atoms with van der Waals surface area (Å²) in [7, 11) is 0. The maximum atomic E-state index is 13.3. The first kappa shape index (κ1) is 20.5. The lowest BCUT2D eigenvalue weighted by Gasteiger charge is -2.20. The van der Waals surface area contributed by atoms with Crippen molar-refractivity contribution in [3.05, 3.63) is 76.1 Å². The molecule has 1 aliphatic heterocycles. The molecule has 1 aromatic carbocycles. The van der Waals surface area contributed by atoms with E-state index in [-0.39, 0.29) is 12.5 Å². The number of benzene rings is 1. The smallest absolute Gasteiger partial charge is 0.244 e. The van der Waals surface area contributed by atoms with Crippen molar-refractivity contribution < 1.29 is 9.18 Å². The van der Waals surface area contributed by atoms with Gasteiger partial charge < -0.3 is 4.90 Å². The normalized spacial score (nSPS) is 13.6. The largest absolute Gasteiger partial charge is 0.340 e. The molecule has 6 nitrogen and oxygen atoms in total. The monoisotopic (exact) mass is 447 g/mol. The molecule has 4 heterocycles. The summed E-state index contributed by atoms with van der Waals surface area (Å²) < 4.78 is 15.0. The molecule has 0 aliphatic carbocycles. The number of halogens is 1. The molecule has 162 valence electrons. The Labute approximate surface area is 189 Å². The van der Waals surface area contributed by atoms with Gasteiger partial charge in [-0.2, -0.15) is 5.10 Å². The Morgan fingerprint density at radius 2 is 1.91 bits per heavy atom. The topological polar surface area (TPSA) is 63.9 Å². The molecule has 0 atom stereocenters. The van der Waals surface area contributed by atoms with Crippen molar-refractivity contribution in [2.45, 2.75) is 26.3 Å². The summed E-state index contributed by atoms with van der Waals surface area (Å²) in [5.74, 6) is -0.373. The first-order chi connectivity index (χ1) is 15.6. The van der Waals surface area contributed by atoms with Gasteiger partial charge in [0.15, 0.2) is 0 Å². The number of carbonyl (C=O) groups excluding carboxylic acids is 1. The van der Waals surface area contributed by atoms with Crippen molar-refractivity contribution in [3.63, 3.8) is 0 Å². The summed E-state index contributed by atoms with van der Waals surface area (Å²) in [4.78, 5) is 25.2. The number of hydrogen-bond acceptors (Lipinski definition) is 5. The minimum absolute atomic E-state index is 0.0239. The number of nitrogens with zero attached hydrogens (tertiary/aromatic N) is 5. The first-order valence-electron chi connectivity index (χ1n) is 10.5. The molecule has 0 radical (unpaired) electrons. The lowest BCUT2D eigenvalue weighted by molar-refractivity contribution is -0.131. The minimum Gasteiger partial charge on any atom is -0.340 e. The Bertz CT molecular complexity index is 1220. The van der Waals surface area contributed by atoms with Gasteiger partial charge in [-0.05, 0) is 30.7 Å². The Balaban J connectivity index is 1.41. The first-order valence-corrected chi connectivity index (χ1v) is 11.4. The molecule has 0 bridgehead atoms. The highest BCUT2D eigenvalue weighted by Gasteiger charge is 2.23. The van der Waals surface area contributed by atoms with Crippen LogP contribution in [0.5, 0.6) is 0 Å². The summed E-state index contributed by atoms with van der Waals surface area (Å²) in [6.45, 7) is 3.50. The Morgan fingerprint density at radius 1 is 1.09 bits per heavy atom. The van der Waals surface area contributed by atoms with Crippen LogP contribution in [0.15, 0.2) is 54.7 Å². The third kappa shape index (κ3) is 4.18. The summed E-state index contributed by atoms with van der Waals surface area (Å²) in [5, 5.41) is 5.74. The van der Waals surface area contributed by atoms with Crippen LogP contribution < -0.4 is 0 Å². The molecule has 0 saturated carbocycles. The molecule has 3 aromatic heterocycles. The lowest BCUT2D eigenvalue weighted by atomic mass is 10.1. The second kappa shape index (κ2) is 8.63. The summed E-state index contributed by atoms with van der Waals surface area (Å²) in [5.41, 5.74) is 4.08. The number of fused-ring (bicyclic) bond motifs is 1. The molecule has 0 fully saturated rings. The molecule has 4 aromatic rings. The molecule has 0 spiro atoms. The van der Waals surface area contributed by atoms with E-state index in [1.165, 1.54) is 17.1 Å². The second-order valence-electron chi connectivity index (χ2n) is 7.78. The molecular formula is C24H22FN5OS. The van der Waals surface area contributed by atoms with Crippen LogP contribution in [0.3, 0.4) is 0 Å². The fourth-order valence-corrected chi connectivity index (χ4v) is 4.97. The predicted molar refractivity (Wildman–Crippen MR) is 122 cm³/mol. The Hall–Kier alpha value is -3.39. The van der Waals surface area contributed by atoms with Crippen LogP contribution >= 0.6 is 11.3 Å². The van der Waals surface area contributed by atoms with E-state index in [4.69, 9.17) is 0 Å². The van der Waals surface area contributed by atoms with E-state index in [2.05, 4.69) is 15.1 Å². The van der Waals surface area contributed by atoms with Gasteiger partial charge in [-0.25, -0.2) is 9.37 Å². The van der Waals surface area contributed by atoms with Gasteiger partial charge in [0.1, 0.15) is 18.1 Å². The maximum Gasteiger partial charge on any atom is 0.244 e. The Morgan fingerprint density at radius 3 is 2.69 bits per heavy atom. The van der Waals surface area contributed by atoms with E-state index < -0.39 is 5.82 Å². The number of thiazole rings is 1. The van der Waals surface area contributed by atoms with Crippen molar-refractivity contribution >= 4 is 17.2 Å². The minimum atomic E-state index is -0.397. The van der Waals surface area contributed by atoms with Gasteiger partial charge in [0.05, 0.1) is 28.3 Å². The van der Waals surface area contributed by atoms with Gasteiger partial charge in [0.2, 0.25) is 5.91 Å². The zero-order valence-corrected chi connectivity index (χ0v) is 18.5. The van der Waals surface area contributed by atoms with Crippen LogP contribution in [-0.4, -0.2) is 43.6 Å². The zero-order chi connectivity index (χ0) is 22.1. The summed E-state index contributed by atoms with van der Waals surface area (Å²) in [6, 6.07) is 14.7. The fraction of sp³-hybridized carbons (Fsp3) is 0.250. The van der Waals surface area contributed by atoms with Gasteiger partial charge in [-0.1, -0.05) is 30.3 Å². The van der Waals surface area contributed by atoms with Crippen molar-refractivity contribution in [2.24, 2.45) is 0 Å². The molecule has 1 aliphatic rings. The molecule has 0 unspecified atom stereocenters.